The van der Waals surface area contributed by atoms with E-state index in [1.807, 2.05) is 41.7 Å². The fourth-order valence-corrected chi connectivity index (χ4v) is 2.35. The van der Waals surface area contributed by atoms with E-state index in [0.29, 0.717) is 11.5 Å². The second kappa shape index (κ2) is 5.76. The van der Waals surface area contributed by atoms with Gasteiger partial charge in [0.2, 0.25) is 0 Å². The highest BCUT2D eigenvalue weighted by Crippen LogP contribution is 2.33. The Kier molecular flexibility index (Phi) is 4.18. The average Bonchev–Trinajstić information content (AvgIpc) is 2.90. The zero-order valence-corrected chi connectivity index (χ0v) is 13.7. The molecule has 6 heteroatoms. The van der Waals surface area contributed by atoms with Crippen LogP contribution in [0.3, 0.4) is 0 Å². The molecule has 112 valence electrons. The predicted octanol–water partition coefficient (Wildman–Crippen LogP) is 3.05. The standard InChI is InChI=1S/C16H18BN3O2/c1-8-9(2)15(21-12(8)5)16(22-17)13(7-18)14-10(3)11(4)20(6)19-14/h1-6H3. The molecule has 2 radical (unpaired) electrons. The summed E-state index contributed by atoms with van der Waals surface area (Å²) in [6, 6.07) is 2.14. The molecule has 0 atom stereocenters. The highest BCUT2D eigenvalue weighted by Gasteiger charge is 2.23. The number of aromatic nitrogens is 2. The molecule has 0 spiro atoms. The number of furan rings is 1. The Morgan fingerprint density at radius 1 is 1.18 bits per heavy atom. The van der Waals surface area contributed by atoms with Crippen LogP contribution in [0, 0.1) is 45.9 Å². The Bertz CT molecular complexity index is 806. The fraction of sp³-hybridized carbons (Fsp3) is 0.375. The molecule has 0 amide bonds. The van der Waals surface area contributed by atoms with Crippen LogP contribution in [0.15, 0.2) is 4.42 Å². The van der Waals surface area contributed by atoms with Gasteiger partial charge in [0.1, 0.15) is 23.1 Å². The number of hydrogen-bond acceptors (Lipinski definition) is 4. The molecule has 2 aromatic heterocycles. The highest BCUT2D eigenvalue weighted by molar-refractivity contribution is 6.06. The second-order valence-corrected chi connectivity index (χ2v) is 5.35. The first-order chi connectivity index (χ1) is 10.3. The van der Waals surface area contributed by atoms with Crippen molar-refractivity contribution in [2.24, 2.45) is 7.05 Å². The Morgan fingerprint density at radius 3 is 2.18 bits per heavy atom. The van der Waals surface area contributed by atoms with Crippen LogP contribution in [-0.2, 0) is 11.7 Å². The zero-order valence-electron chi connectivity index (χ0n) is 13.7. The van der Waals surface area contributed by atoms with Crippen molar-refractivity contribution in [2.45, 2.75) is 34.6 Å². The van der Waals surface area contributed by atoms with Crippen molar-refractivity contribution in [3.8, 4) is 6.07 Å². The van der Waals surface area contributed by atoms with E-state index in [9.17, 15) is 5.26 Å². The van der Waals surface area contributed by atoms with Gasteiger partial charge in [-0.05, 0) is 45.7 Å². The van der Waals surface area contributed by atoms with Gasteiger partial charge in [0.15, 0.2) is 11.5 Å². The lowest BCUT2D eigenvalue weighted by Crippen LogP contribution is -1.98. The van der Waals surface area contributed by atoms with Gasteiger partial charge in [-0.3, -0.25) is 4.68 Å². The molecule has 0 aliphatic carbocycles. The maximum Gasteiger partial charge on any atom is 0.374 e. The SMILES string of the molecule is [B]OC(=C(C#N)c1nn(C)c(C)c1C)c1oc(C)c(C)c1C. The Morgan fingerprint density at radius 2 is 1.82 bits per heavy atom. The van der Waals surface area contributed by atoms with Crippen LogP contribution < -0.4 is 0 Å². The van der Waals surface area contributed by atoms with Gasteiger partial charge < -0.3 is 9.07 Å². The Balaban J connectivity index is 2.77. The van der Waals surface area contributed by atoms with Gasteiger partial charge in [-0.1, -0.05) is 0 Å². The lowest BCUT2D eigenvalue weighted by Gasteiger charge is -2.08. The van der Waals surface area contributed by atoms with Gasteiger partial charge >= 0.3 is 8.05 Å². The summed E-state index contributed by atoms with van der Waals surface area (Å²) in [7, 11) is 7.27. The van der Waals surface area contributed by atoms with Crippen molar-refractivity contribution in [3.63, 3.8) is 0 Å². The number of allylic oxidation sites excluding steroid dienone is 1. The van der Waals surface area contributed by atoms with Crippen molar-refractivity contribution in [3.05, 3.63) is 39.6 Å². The van der Waals surface area contributed by atoms with E-state index in [1.54, 1.807) is 4.68 Å². The first-order valence-electron chi connectivity index (χ1n) is 6.92. The van der Waals surface area contributed by atoms with Crippen LogP contribution in [0.5, 0.6) is 0 Å². The molecule has 2 rings (SSSR count). The Labute approximate surface area is 131 Å². The molecular weight excluding hydrogens is 277 g/mol. The molecule has 0 saturated carbocycles. The minimum atomic E-state index is 0.206. The van der Waals surface area contributed by atoms with Gasteiger partial charge in [-0.25, -0.2) is 0 Å². The quantitative estimate of drug-likeness (QED) is 0.496. The van der Waals surface area contributed by atoms with E-state index in [-0.39, 0.29) is 11.3 Å². The predicted molar refractivity (Wildman–Crippen MR) is 84.9 cm³/mol. The van der Waals surface area contributed by atoms with Crippen LogP contribution in [0.1, 0.15) is 39.6 Å². The topological polar surface area (TPSA) is 64.0 Å². The number of rotatable bonds is 3. The lowest BCUT2D eigenvalue weighted by molar-refractivity contribution is 0.473. The first kappa shape index (κ1) is 16.0. The van der Waals surface area contributed by atoms with Crippen molar-refractivity contribution in [1.82, 2.24) is 9.78 Å². The number of nitriles is 1. The van der Waals surface area contributed by atoms with Gasteiger partial charge in [-0.15, -0.1) is 0 Å². The maximum absolute atomic E-state index is 9.60. The normalized spacial score (nSPS) is 12.0. The number of aryl methyl sites for hydroxylation is 2. The first-order valence-corrected chi connectivity index (χ1v) is 6.92. The lowest BCUT2D eigenvalue weighted by atomic mass is 10.0. The van der Waals surface area contributed by atoms with Crippen molar-refractivity contribution in [1.29, 1.82) is 5.26 Å². The molecule has 0 N–H and O–H groups in total. The van der Waals surface area contributed by atoms with E-state index < -0.39 is 0 Å². The van der Waals surface area contributed by atoms with Crippen molar-refractivity contribution in [2.75, 3.05) is 0 Å². The van der Waals surface area contributed by atoms with E-state index in [0.717, 1.165) is 28.1 Å². The summed E-state index contributed by atoms with van der Waals surface area (Å²) in [5.74, 6) is 1.45. The van der Waals surface area contributed by atoms with Crippen molar-refractivity contribution >= 4 is 19.4 Å². The number of hydrogen-bond donors (Lipinski definition) is 0. The van der Waals surface area contributed by atoms with Gasteiger partial charge in [0.25, 0.3) is 0 Å². The van der Waals surface area contributed by atoms with Crippen LogP contribution in [0.25, 0.3) is 11.3 Å². The summed E-state index contributed by atoms with van der Waals surface area (Å²) >= 11 is 0. The molecule has 0 saturated heterocycles. The van der Waals surface area contributed by atoms with E-state index in [1.165, 1.54) is 0 Å². The molecule has 0 aliphatic heterocycles. The molecule has 0 aliphatic rings. The average molecular weight is 295 g/mol. The Hall–Kier alpha value is -2.42. The second-order valence-electron chi connectivity index (χ2n) is 5.35. The third-order valence-electron chi connectivity index (χ3n) is 4.22. The summed E-state index contributed by atoms with van der Waals surface area (Å²) < 4.78 is 12.5. The van der Waals surface area contributed by atoms with Gasteiger partial charge in [-0.2, -0.15) is 10.4 Å². The molecule has 2 aromatic rings. The summed E-state index contributed by atoms with van der Waals surface area (Å²) in [6.07, 6.45) is 0. The van der Waals surface area contributed by atoms with E-state index >= 15 is 0 Å². The minimum absolute atomic E-state index is 0.206. The molecule has 0 fully saturated rings. The van der Waals surface area contributed by atoms with Gasteiger partial charge in [0, 0.05) is 18.3 Å². The fourth-order valence-electron chi connectivity index (χ4n) is 2.35. The van der Waals surface area contributed by atoms with Crippen LogP contribution in [0.2, 0.25) is 0 Å². The van der Waals surface area contributed by atoms with Crippen LogP contribution >= 0.6 is 0 Å². The third-order valence-corrected chi connectivity index (χ3v) is 4.22. The van der Waals surface area contributed by atoms with Crippen molar-refractivity contribution < 1.29 is 9.07 Å². The maximum atomic E-state index is 9.60. The molecular formula is C16H18BN3O2. The summed E-state index contributed by atoms with van der Waals surface area (Å²) in [5.41, 5.74) is 4.61. The monoisotopic (exact) mass is 295 g/mol. The number of nitrogens with zero attached hydrogens (tertiary/aromatic N) is 3. The molecule has 0 aromatic carbocycles. The molecule has 0 unspecified atom stereocenters. The molecule has 22 heavy (non-hydrogen) atoms. The summed E-state index contributed by atoms with van der Waals surface area (Å²) in [6.45, 7) is 9.58. The smallest absolute Gasteiger partial charge is 0.374 e. The molecule has 2 heterocycles. The van der Waals surface area contributed by atoms with E-state index in [2.05, 4.69) is 11.2 Å². The van der Waals surface area contributed by atoms with Crippen LogP contribution in [-0.4, -0.2) is 17.8 Å². The third kappa shape index (κ3) is 2.33. The zero-order chi connectivity index (χ0) is 16.6. The van der Waals surface area contributed by atoms with Gasteiger partial charge in [0.05, 0.1) is 0 Å². The summed E-state index contributed by atoms with van der Waals surface area (Å²) in [5, 5.41) is 14.0. The largest absolute Gasteiger partial charge is 0.564 e. The minimum Gasteiger partial charge on any atom is -0.564 e. The van der Waals surface area contributed by atoms with Crippen LogP contribution in [0.4, 0.5) is 0 Å². The van der Waals surface area contributed by atoms with E-state index in [4.69, 9.17) is 17.1 Å². The molecule has 5 nitrogen and oxygen atoms in total. The molecule has 0 bridgehead atoms. The summed E-state index contributed by atoms with van der Waals surface area (Å²) in [4.78, 5) is 0. The highest BCUT2D eigenvalue weighted by atomic mass is 16.4.